The first-order valence-corrected chi connectivity index (χ1v) is 12.4. The zero-order valence-corrected chi connectivity index (χ0v) is 18.6. The average molecular weight is 476 g/mol. The number of amides is 1. The fourth-order valence-corrected chi connectivity index (χ4v) is 5.57. The van der Waals surface area contributed by atoms with Gasteiger partial charge in [-0.05, 0) is 29.8 Å². The highest BCUT2D eigenvalue weighted by Gasteiger charge is 2.41. The molecular weight excluding hydrogens is 458 g/mol. The summed E-state index contributed by atoms with van der Waals surface area (Å²) < 4.78 is 28.8. The number of hydrogen-bond donors (Lipinski definition) is 1. The van der Waals surface area contributed by atoms with E-state index in [2.05, 4.69) is 4.98 Å². The number of piperidine rings is 1. The van der Waals surface area contributed by atoms with Crippen molar-refractivity contribution < 1.29 is 17.9 Å². The van der Waals surface area contributed by atoms with Gasteiger partial charge in [-0.25, -0.2) is 18.5 Å². The highest BCUT2D eigenvalue weighted by Crippen LogP contribution is 2.38. The maximum absolute atomic E-state index is 13.1. The van der Waals surface area contributed by atoms with Gasteiger partial charge in [0.05, 0.1) is 27.7 Å². The zero-order valence-electron chi connectivity index (χ0n) is 16.2. The number of morpholine rings is 1. The molecule has 6 rings (SSSR count). The number of halogens is 1. The number of hydrogen-bond acceptors (Lipinski definition) is 6. The van der Waals surface area contributed by atoms with Gasteiger partial charge in [0.1, 0.15) is 0 Å². The first-order chi connectivity index (χ1) is 14.8. The van der Waals surface area contributed by atoms with Gasteiger partial charge in [0.15, 0.2) is 5.01 Å². The van der Waals surface area contributed by atoms with Crippen molar-refractivity contribution in [1.29, 1.82) is 0 Å². The molecule has 3 aliphatic heterocycles. The minimum atomic E-state index is -3.79. The third-order valence-corrected chi connectivity index (χ3v) is 7.69. The quantitative estimate of drug-likeness (QED) is 0.623. The zero-order chi connectivity index (χ0) is 21.8. The number of fused-ring (bicyclic) bond motifs is 2. The number of rotatable bonds is 4. The van der Waals surface area contributed by atoms with Crippen LogP contribution in [0.5, 0.6) is 0 Å². The fraction of sp³-hybridized carbons (Fsp3) is 0.238. The molecule has 1 aromatic heterocycles. The van der Waals surface area contributed by atoms with Crippen molar-refractivity contribution >= 4 is 38.9 Å². The number of nitrogens with two attached hydrogens (primary N) is 1. The molecule has 4 heterocycles. The smallest absolute Gasteiger partial charge is 0.283 e. The molecule has 2 atom stereocenters. The van der Waals surface area contributed by atoms with Crippen molar-refractivity contribution in [2.24, 2.45) is 5.14 Å². The van der Waals surface area contributed by atoms with Crippen LogP contribution < -0.4 is 5.14 Å². The average Bonchev–Trinajstić information content (AvgIpc) is 3.18. The molecule has 31 heavy (non-hydrogen) atoms. The predicted octanol–water partition coefficient (Wildman–Crippen LogP) is 3.39. The van der Waals surface area contributed by atoms with Crippen LogP contribution in [0, 0.1) is 0 Å². The van der Waals surface area contributed by atoms with E-state index in [1.807, 2.05) is 12.1 Å². The van der Waals surface area contributed by atoms with E-state index in [0.29, 0.717) is 28.8 Å². The number of carbonyl (C=O) groups is 1. The summed E-state index contributed by atoms with van der Waals surface area (Å²) in [6, 6.07) is 13.5. The van der Waals surface area contributed by atoms with Crippen LogP contribution in [-0.4, -0.2) is 49.5 Å². The monoisotopic (exact) mass is 475 g/mol. The van der Waals surface area contributed by atoms with Crippen LogP contribution in [0.15, 0.2) is 53.4 Å². The molecule has 160 valence electrons. The van der Waals surface area contributed by atoms with Crippen LogP contribution in [0.4, 0.5) is 0 Å². The van der Waals surface area contributed by atoms with E-state index in [1.165, 1.54) is 23.5 Å². The third-order valence-electron chi connectivity index (χ3n) is 5.42. The van der Waals surface area contributed by atoms with Gasteiger partial charge in [-0.3, -0.25) is 4.79 Å². The molecule has 0 saturated carbocycles. The summed E-state index contributed by atoms with van der Waals surface area (Å²) in [5.74, 6) is -0.120. The van der Waals surface area contributed by atoms with Gasteiger partial charge in [0.2, 0.25) is 10.0 Å². The van der Waals surface area contributed by atoms with Crippen LogP contribution in [0.2, 0.25) is 5.02 Å². The van der Waals surface area contributed by atoms with Gasteiger partial charge in [-0.2, -0.15) is 0 Å². The van der Waals surface area contributed by atoms with E-state index in [4.69, 9.17) is 21.5 Å². The normalized spacial score (nSPS) is 20.4. The summed E-state index contributed by atoms with van der Waals surface area (Å²) in [5, 5.41) is 6.20. The topological polar surface area (TPSA) is 103 Å². The Balaban J connectivity index is 1.55. The number of aromatic nitrogens is 1. The summed E-state index contributed by atoms with van der Waals surface area (Å²) in [4.78, 5) is 20.4. The first-order valence-electron chi connectivity index (χ1n) is 9.62. The van der Waals surface area contributed by atoms with Gasteiger partial charge < -0.3 is 9.64 Å². The number of ether oxygens (including phenoxy) is 1. The maximum atomic E-state index is 13.1. The lowest BCUT2D eigenvalue weighted by molar-refractivity contribution is -0.171. The lowest BCUT2D eigenvalue weighted by atomic mass is 9.99. The predicted molar refractivity (Wildman–Crippen MR) is 119 cm³/mol. The minimum Gasteiger partial charge on any atom is -0.371 e. The van der Waals surface area contributed by atoms with Crippen molar-refractivity contribution in [3.8, 4) is 21.7 Å². The van der Waals surface area contributed by atoms with Gasteiger partial charge in [0, 0.05) is 30.1 Å². The standard InChI is InChI=1S/C21H18ClN3O4S2/c22-14-5-1-12(2-6-14)18-19(13-3-7-17(8-4-13)31(23,27)28)30-20(24-18)21(26)25-10-15-9-16(11-25)29-15/h1-8,15-16H,9-11H2,(H2,23,27,28). The first kappa shape index (κ1) is 20.6. The Morgan fingerprint density at radius 3 is 2.23 bits per heavy atom. The molecule has 1 amide bonds. The molecule has 3 aromatic rings. The summed E-state index contributed by atoms with van der Waals surface area (Å²) >= 11 is 7.32. The van der Waals surface area contributed by atoms with E-state index in [-0.39, 0.29) is 23.0 Å². The molecule has 2 aromatic carbocycles. The molecule has 10 heteroatoms. The Kier molecular flexibility index (Phi) is 5.10. The van der Waals surface area contributed by atoms with Crippen molar-refractivity contribution in [3.05, 3.63) is 58.6 Å². The van der Waals surface area contributed by atoms with E-state index >= 15 is 0 Å². The largest absolute Gasteiger partial charge is 0.371 e. The maximum Gasteiger partial charge on any atom is 0.283 e. The summed E-state index contributed by atoms with van der Waals surface area (Å²) in [5.41, 5.74) is 2.21. The molecular formula is C21H18ClN3O4S2. The van der Waals surface area contributed by atoms with Crippen LogP contribution in [0.1, 0.15) is 16.2 Å². The molecule has 0 radical (unpaired) electrons. The van der Waals surface area contributed by atoms with Gasteiger partial charge in [-0.15, -0.1) is 11.3 Å². The lowest BCUT2D eigenvalue weighted by Gasteiger charge is -2.46. The van der Waals surface area contributed by atoms with Crippen molar-refractivity contribution in [3.63, 3.8) is 0 Å². The van der Waals surface area contributed by atoms with E-state index in [0.717, 1.165) is 22.4 Å². The Bertz CT molecular complexity index is 1240. The molecule has 0 aliphatic carbocycles. The minimum absolute atomic E-state index is 0.0256. The molecule has 2 N–H and O–H groups in total. The van der Waals surface area contributed by atoms with E-state index in [1.54, 1.807) is 29.2 Å². The SMILES string of the molecule is NS(=O)(=O)c1ccc(-c2sc(C(=O)N3CC4CC(C3)O4)nc2-c2ccc(Cl)cc2)cc1. The van der Waals surface area contributed by atoms with Gasteiger partial charge in [-0.1, -0.05) is 35.9 Å². The highest BCUT2D eigenvalue weighted by molar-refractivity contribution is 7.89. The number of primary sulfonamides is 1. The van der Waals surface area contributed by atoms with Crippen molar-refractivity contribution in [2.75, 3.05) is 13.1 Å². The van der Waals surface area contributed by atoms with Crippen LogP contribution in [0.25, 0.3) is 21.7 Å². The van der Waals surface area contributed by atoms with Crippen LogP contribution in [-0.2, 0) is 14.8 Å². The second-order valence-electron chi connectivity index (χ2n) is 7.60. The summed E-state index contributed by atoms with van der Waals surface area (Å²) in [6.45, 7) is 1.15. The molecule has 7 nitrogen and oxygen atoms in total. The van der Waals surface area contributed by atoms with E-state index < -0.39 is 10.0 Å². The number of nitrogens with zero attached hydrogens (tertiary/aromatic N) is 2. The Labute approximate surface area is 188 Å². The molecule has 3 saturated heterocycles. The second kappa shape index (κ2) is 7.68. The molecule has 3 fully saturated rings. The van der Waals surface area contributed by atoms with Crippen LogP contribution in [0.3, 0.4) is 0 Å². The molecule has 3 aliphatic rings. The number of sulfonamides is 1. The summed E-state index contributed by atoms with van der Waals surface area (Å²) in [7, 11) is -3.79. The Morgan fingerprint density at radius 1 is 1.06 bits per heavy atom. The van der Waals surface area contributed by atoms with Crippen LogP contribution >= 0.6 is 22.9 Å². The Hall–Kier alpha value is -2.30. The number of carbonyl (C=O) groups excluding carboxylic acids is 1. The van der Waals surface area contributed by atoms with E-state index in [9.17, 15) is 13.2 Å². The molecule has 2 bridgehead atoms. The number of thiazole rings is 1. The van der Waals surface area contributed by atoms with Crippen molar-refractivity contribution in [2.45, 2.75) is 23.5 Å². The lowest BCUT2D eigenvalue weighted by Crippen LogP contribution is -2.58. The molecule has 2 unspecified atom stereocenters. The van der Waals surface area contributed by atoms with Crippen molar-refractivity contribution in [1.82, 2.24) is 9.88 Å². The van der Waals surface area contributed by atoms with Gasteiger partial charge in [0.25, 0.3) is 5.91 Å². The third kappa shape index (κ3) is 3.99. The summed E-state index contributed by atoms with van der Waals surface area (Å²) in [6.07, 6.45) is 1.23. The van der Waals surface area contributed by atoms with Gasteiger partial charge >= 0.3 is 0 Å². The second-order valence-corrected chi connectivity index (χ2v) is 10.6. The Morgan fingerprint density at radius 2 is 1.65 bits per heavy atom. The number of benzene rings is 2. The highest BCUT2D eigenvalue weighted by atomic mass is 35.5. The molecule has 0 spiro atoms. The fourth-order valence-electron chi connectivity index (χ4n) is 3.86.